The molecule has 0 spiro atoms. The highest BCUT2D eigenvalue weighted by molar-refractivity contribution is 5.61. The first-order chi connectivity index (χ1) is 6.15. The van der Waals surface area contributed by atoms with Gasteiger partial charge in [0.1, 0.15) is 5.75 Å². The summed E-state index contributed by atoms with van der Waals surface area (Å²) in [6, 6.07) is 5.33. The molecular weight excluding hydrogens is 166 g/mol. The van der Waals surface area contributed by atoms with Gasteiger partial charge in [0.15, 0.2) is 0 Å². The van der Waals surface area contributed by atoms with Gasteiger partial charge in [-0.05, 0) is 19.9 Å². The Morgan fingerprint density at radius 1 is 1.38 bits per heavy atom. The Morgan fingerprint density at radius 2 is 2.08 bits per heavy atom. The van der Waals surface area contributed by atoms with Crippen molar-refractivity contribution >= 4 is 5.69 Å². The highest BCUT2D eigenvalue weighted by Gasteiger charge is 2.06. The maximum absolute atomic E-state index is 9.50. The average molecular weight is 181 g/mol. The van der Waals surface area contributed by atoms with E-state index in [1.165, 1.54) is 0 Å². The largest absolute Gasteiger partial charge is 0.506 e. The zero-order chi connectivity index (χ0) is 9.84. The molecule has 0 aliphatic heterocycles. The lowest BCUT2D eigenvalue weighted by Gasteiger charge is -2.14. The van der Waals surface area contributed by atoms with Crippen LogP contribution in [0, 0.1) is 0 Å². The summed E-state index contributed by atoms with van der Waals surface area (Å²) < 4.78 is 0. The molecule has 0 atom stereocenters. The van der Waals surface area contributed by atoms with Crippen LogP contribution in [0.1, 0.15) is 19.4 Å². The first-order valence-corrected chi connectivity index (χ1v) is 4.33. The second-order valence-electron chi connectivity index (χ2n) is 3.27. The smallest absolute Gasteiger partial charge is 0.139 e. The third-order valence-corrected chi connectivity index (χ3v) is 1.73. The van der Waals surface area contributed by atoms with Crippen molar-refractivity contribution in [2.24, 2.45) is 0 Å². The van der Waals surface area contributed by atoms with Gasteiger partial charge in [0.2, 0.25) is 0 Å². The van der Waals surface area contributed by atoms with E-state index in [-0.39, 0.29) is 18.4 Å². The van der Waals surface area contributed by atoms with Gasteiger partial charge in [0, 0.05) is 11.6 Å². The van der Waals surface area contributed by atoms with Crippen LogP contribution >= 0.6 is 0 Å². The van der Waals surface area contributed by atoms with Crippen molar-refractivity contribution in [2.45, 2.75) is 26.5 Å². The highest BCUT2D eigenvalue weighted by atomic mass is 16.3. The number of aliphatic hydroxyl groups excluding tert-OH is 1. The van der Waals surface area contributed by atoms with Gasteiger partial charge in [-0.1, -0.05) is 12.1 Å². The number of hydrogen-bond acceptors (Lipinski definition) is 3. The van der Waals surface area contributed by atoms with Crippen LogP contribution in [0.15, 0.2) is 18.2 Å². The molecule has 0 aliphatic carbocycles. The Balaban J connectivity index is 3.00. The van der Waals surface area contributed by atoms with Gasteiger partial charge in [0.05, 0.1) is 12.3 Å². The molecule has 1 aromatic carbocycles. The van der Waals surface area contributed by atoms with E-state index in [4.69, 9.17) is 5.11 Å². The third-order valence-electron chi connectivity index (χ3n) is 1.73. The number of phenols is 1. The Labute approximate surface area is 78.0 Å². The minimum Gasteiger partial charge on any atom is -0.506 e. The Kier molecular flexibility index (Phi) is 3.14. The predicted molar refractivity (Wildman–Crippen MR) is 52.8 cm³/mol. The van der Waals surface area contributed by atoms with Crippen molar-refractivity contribution in [1.82, 2.24) is 0 Å². The zero-order valence-electron chi connectivity index (χ0n) is 7.91. The van der Waals surface area contributed by atoms with Crippen LogP contribution in [0.3, 0.4) is 0 Å². The zero-order valence-corrected chi connectivity index (χ0v) is 7.91. The monoisotopic (exact) mass is 181 g/mol. The number of benzene rings is 1. The van der Waals surface area contributed by atoms with E-state index in [2.05, 4.69) is 5.32 Å². The van der Waals surface area contributed by atoms with Crippen molar-refractivity contribution in [3.8, 4) is 5.75 Å². The van der Waals surface area contributed by atoms with E-state index in [1.54, 1.807) is 18.2 Å². The van der Waals surface area contributed by atoms with Gasteiger partial charge >= 0.3 is 0 Å². The van der Waals surface area contributed by atoms with Gasteiger partial charge in [-0.3, -0.25) is 0 Å². The summed E-state index contributed by atoms with van der Waals surface area (Å²) in [5, 5.41) is 21.6. The van der Waals surface area contributed by atoms with E-state index < -0.39 is 0 Å². The lowest BCUT2D eigenvalue weighted by Crippen LogP contribution is -2.11. The minimum atomic E-state index is -0.0660. The number of nitrogens with one attached hydrogen (secondary N) is 1. The van der Waals surface area contributed by atoms with E-state index in [9.17, 15) is 5.11 Å². The van der Waals surface area contributed by atoms with Crippen molar-refractivity contribution in [2.75, 3.05) is 5.32 Å². The number of aliphatic hydroxyl groups is 1. The number of rotatable bonds is 3. The number of hydrogen-bond donors (Lipinski definition) is 3. The fourth-order valence-corrected chi connectivity index (χ4v) is 1.17. The van der Waals surface area contributed by atoms with Crippen molar-refractivity contribution in [1.29, 1.82) is 0 Å². The maximum Gasteiger partial charge on any atom is 0.139 e. The fraction of sp³-hybridized carbons (Fsp3) is 0.400. The molecule has 0 fully saturated rings. The molecule has 3 nitrogen and oxygen atoms in total. The number of anilines is 1. The molecule has 0 bridgehead atoms. The molecule has 72 valence electrons. The molecule has 0 radical (unpaired) electrons. The van der Waals surface area contributed by atoms with Gasteiger partial charge in [0.25, 0.3) is 0 Å². The van der Waals surface area contributed by atoms with Crippen LogP contribution in [-0.2, 0) is 6.61 Å². The quantitative estimate of drug-likeness (QED) is 0.622. The number of para-hydroxylation sites is 1. The summed E-state index contributed by atoms with van der Waals surface area (Å²) >= 11 is 0. The maximum atomic E-state index is 9.50. The van der Waals surface area contributed by atoms with Crippen molar-refractivity contribution in [3.63, 3.8) is 0 Å². The van der Waals surface area contributed by atoms with Crippen LogP contribution < -0.4 is 5.32 Å². The molecular formula is C10H15NO2. The summed E-state index contributed by atoms with van der Waals surface area (Å²) in [5.74, 6) is 0.181. The van der Waals surface area contributed by atoms with Crippen LogP contribution in [-0.4, -0.2) is 16.3 Å². The van der Waals surface area contributed by atoms with Crippen LogP contribution in [0.25, 0.3) is 0 Å². The van der Waals surface area contributed by atoms with Gasteiger partial charge in [-0.2, -0.15) is 0 Å². The molecule has 3 heteroatoms. The Bertz CT molecular complexity index is 284. The standard InChI is InChI=1S/C10H15NO2/c1-7(2)11-10-8(6-12)4-3-5-9(10)13/h3-5,7,11-13H,6H2,1-2H3. The van der Waals surface area contributed by atoms with Crippen LogP contribution in [0.4, 0.5) is 5.69 Å². The second kappa shape index (κ2) is 4.14. The number of phenolic OH excluding ortho intramolecular Hbond substituents is 1. The molecule has 0 amide bonds. The van der Waals surface area contributed by atoms with E-state index in [0.29, 0.717) is 11.3 Å². The lowest BCUT2D eigenvalue weighted by molar-refractivity contribution is 0.282. The molecule has 1 aromatic rings. The molecule has 0 heterocycles. The SMILES string of the molecule is CC(C)Nc1c(O)cccc1CO. The van der Waals surface area contributed by atoms with Gasteiger partial charge in [-0.25, -0.2) is 0 Å². The average Bonchev–Trinajstić information content (AvgIpc) is 2.08. The van der Waals surface area contributed by atoms with Crippen LogP contribution in [0.5, 0.6) is 5.75 Å². The summed E-state index contributed by atoms with van der Waals surface area (Å²) in [7, 11) is 0. The number of aromatic hydroxyl groups is 1. The van der Waals surface area contributed by atoms with E-state index >= 15 is 0 Å². The van der Waals surface area contributed by atoms with Crippen LogP contribution in [0.2, 0.25) is 0 Å². The molecule has 0 saturated heterocycles. The van der Waals surface area contributed by atoms with Crippen molar-refractivity contribution < 1.29 is 10.2 Å². The van der Waals surface area contributed by atoms with Crippen molar-refractivity contribution in [3.05, 3.63) is 23.8 Å². The highest BCUT2D eigenvalue weighted by Crippen LogP contribution is 2.27. The topological polar surface area (TPSA) is 52.5 Å². The second-order valence-corrected chi connectivity index (χ2v) is 3.27. The molecule has 0 saturated carbocycles. The normalized spacial score (nSPS) is 10.5. The van der Waals surface area contributed by atoms with E-state index in [1.807, 2.05) is 13.8 Å². The lowest BCUT2D eigenvalue weighted by atomic mass is 10.1. The van der Waals surface area contributed by atoms with E-state index in [0.717, 1.165) is 0 Å². The van der Waals surface area contributed by atoms with Gasteiger partial charge in [-0.15, -0.1) is 0 Å². The predicted octanol–water partition coefficient (Wildman–Crippen LogP) is 1.70. The molecule has 3 N–H and O–H groups in total. The summed E-state index contributed by atoms with van der Waals surface area (Å²) in [6.07, 6.45) is 0. The first kappa shape index (κ1) is 9.86. The molecule has 0 unspecified atom stereocenters. The minimum absolute atomic E-state index is 0.0660. The Hall–Kier alpha value is -1.22. The molecule has 0 aliphatic rings. The van der Waals surface area contributed by atoms with Gasteiger partial charge < -0.3 is 15.5 Å². The fourth-order valence-electron chi connectivity index (χ4n) is 1.17. The molecule has 0 aromatic heterocycles. The summed E-state index contributed by atoms with van der Waals surface area (Å²) in [4.78, 5) is 0. The summed E-state index contributed by atoms with van der Waals surface area (Å²) in [6.45, 7) is 3.89. The molecule has 13 heavy (non-hydrogen) atoms. The summed E-state index contributed by atoms with van der Waals surface area (Å²) in [5.41, 5.74) is 1.34. The third kappa shape index (κ3) is 2.36. The molecule has 1 rings (SSSR count). The first-order valence-electron chi connectivity index (χ1n) is 4.33. The Morgan fingerprint density at radius 3 is 2.62 bits per heavy atom.